The maximum absolute atomic E-state index is 14.3. The minimum Gasteiger partial charge on any atom is -0.463 e. The number of allylic oxidation sites excluding steroid dienone is 1. The Labute approximate surface area is 255 Å². The van der Waals surface area contributed by atoms with Crippen molar-refractivity contribution in [1.82, 2.24) is 0 Å². The zero-order valence-corrected chi connectivity index (χ0v) is 24.9. The average molecular weight is 617 g/mol. The lowest BCUT2D eigenvalue weighted by Crippen LogP contribution is -2.61. The molecule has 1 saturated carbocycles. The van der Waals surface area contributed by atoms with Crippen molar-refractivity contribution in [3.05, 3.63) is 78.9 Å². The molecule has 2 heterocycles. The van der Waals surface area contributed by atoms with E-state index in [9.17, 15) is 44.2 Å². The third-order valence-corrected chi connectivity index (χ3v) is 9.98. The van der Waals surface area contributed by atoms with Gasteiger partial charge in [0.1, 0.15) is 0 Å². The van der Waals surface area contributed by atoms with Crippen molar-refractivity contribution >= 4 is 52.3 Å². The van der Waals surface area contributed by atoms with Crippen LogP contribution >= 0.6 is 0 Å². The number of hydrogen-bond donors (Lipinski definition) is 0. The molecule has 3 aliphatic carbocycles. The Balaban J connectivity index is 1.53. The number of amides is 4. The molecule has 3 fully saturated rings. The summed E-state index contributed by atoms with van der Waals surface area (Å²) >= 11 is 0. The van der Waals surface area contributed by atoms with Crippen LogP contribution in [-0.4, -0.2) is 46.1 Å². The Morgan fingerprint density at radius 1 is 0.778 bits per heavy atom. The van der Waals surface area contributed by atoms with E-state index in [4.69, 9.17) is 4.74 Å². The summed E-state index contributed by atoms with van der Waals surface area (Å²) in [5.41, 5.74) is -1.36. The summed E-state index contributed by atoms with van der Waals surface area (Å²) in [6.07, 6.45) is 0. The van der Waals surface area contributed by atoms with Crippen LogP contribution in [0.25, 0.3) is 0 Å². The highest BCUT2D eigenvalue weighted by Crippen LogP contribution is 2.69. The van der Waals surface area contributed by atoms with Crippen molar-refractivity contribution in [1.29, 1.82) is 0 Å². The lowest BCUT2D eigenvalue weighted by molar-refractivity contribution is -0.385. The van der Waals surface area contributed by atoms with E-state index in [-0.39, 0.29) is 34.9 Å². The van der Waals surface area contributed by atoms with Gasteiger partial charge in [0.25, 0.3) is 11.4 Å². The molecule has 5 aliphatic rings. The number of hydrogen-bond acceptors (Lipinski definition) is 10. The number of imide groups is 2. The van der Waals surface area contributed by atoms with Crippen LogP contribution in [0.1, 0.15) is 31.9 Å². The van der Waals surface area contributed by atoms with Crippen molar-refractivity contribution in [3.8, 4) is 0 Å². The lowest BCUT2D eigenvalue weighted by Gasteiger charge is -2.55. The van der Waals surface area contributed by atoms with Crippen LogP contribution in [0.15, 0.2) is 47.5 Å². The number of aryl methyl sites for hydroxylation is 2. The molecular weight excluding hydrogens is 588 g/mol. The van der Waals surface area contributed by atoms with Crippen LogP contribution in [0.3, 0.4) is 0 Å². The van der Waals surface area contributed by atoms with Crippen molar-refractivity contribution in [2.45, 2.75) is 34.6 Å². The van der Waals surface area contributed by atoms with E-state index in [0.29, 0.717) is 16.7 Å². The van der Waals surface area contributed by atoms with Gasteiger partial charge in [-0.25, -0.2) is 14.6 Å². The first kappa shape index (κ1) is 29.8. The highest BCUT2D eigenvalue weighted by Gasteiger charge is 2.77. The van der Waals surface area contributed by atoms with Crippen molar-refractivity contribution in [3.63, 3.8) is 0 Å². The number of nitrogens with zero attached hydrogens (tertiary/aromatic N) is 4. The lowest BCUT2D eigenvalue weighted by atomic mass is 9.43. The van der Waals surface area contributed by atoms with Gasteiger partial charge in [0.15, 0.2) is 0 Å². The number of nitro benzene ring substituents is 2. The number of ether oxygens (including phenoxy) is 1. The average Bonchev–Trinajstić information content (AvgIpc) is 3.39. The van der Waals surface area contributed by atoms with Crippen molar-refractivity contribution in [2.75, 3.05) is 16.4 Å². The van der Waals surface area contributed by atoms with Crippen molar-refractivity contribution in [2.24, 2.45) is 35.0 Å². The third-order valence-electron chi connectivity index (χ3n) is 9.98. The van der Waals surface area contributed by atoms with Gasteiger partial charge in [-0.15, -0.1) is 0 Å². The molecule has 2 aromatic rings. The van der Waals surface area contributed by atoms with E-state index >= 15 is 0 Å². The van der Waals surface area contributed by atoms with Gasteiger partial charge >= 0.3 is 5.97 Å². The summed E-state index contributed by atoms with van der Waals surface area (Å²) in [5.74, 6) is -9.64. The smallest absolute Gasteiger partial charge is 0.334 e. The van der Waals surface area contributed by atoms with Gasteiger partial charge in [0.05, 0.1) is 51.5 Å². The number of esters is 1. The standard InChI is InChI=1S/C31H28N4O10/c1-6-45-30(40)23-15(4)20-21-24(28(38)32(26(21)36)16-9-7-13(2)18(11-16)34(41)42)31(23,5)25-22(20)27(37)33(29(25)39)17-10-8-14(3)19(12-17)35(43)44/h7-12,20-22,24-25H,6H2,1-5H3/t20?,21-,22+,24-,25-,31?/m1/s1. The predicted molar refractivity (Wildman–Crippen MR) is 156 cm³/mol. The number of anilines is 2. The number of carbonyl (C=O) groups excluding carboxylic acids is 5. The summed E-state index contributed by atoms with van der Waals surface area (Å²) in [6.45, 7) is 7.69. The maximum Gasteiger partial charge on any atom is 0.334 e. The summed E-state index contributed by atoms with van der Waals surface area (Å²) in [7, 11) is 0. The minimum atomic E-state index is -1.70. The van der Waals surface area contributed by atoms with Crippen LogP contribution in [0, 0.1) is 69.1 Å². The molecule has 2 aromatic carbocycles. The molecule has 0 radical (unpaired) electrons. The van der Waals surface area contributed by atoms with Gasteiger partial charge in [-0.05, 0) is 39.8 Å². The highest BCUT2D eigenvalue weighted by molar-refractivity contribution is 6.27. The molecule has 14 heteroatoms. The predicted octanol–water partition coefficient (Wildman–Crippen LogP) is 3.56. The first-order valence-corrected chi connectivity index (χ1v) is 14.3. The van der Waals surface area contributed by atoms with Crippen LogP contribution in [-0.2, 0) is 28.7 Å². The van der Waals surface area contributed by atoms with Crippen LogP contribution in [0.4, 0.5) is 22.7 Å². The molecule has 45 heavy (non-hydrogen) atoms. The molecule has 14 nitrogen and oxygen atoms in total. The molecule has 2 aliphatic heterocycles. The molecule has 2 bridgehead atoms. The molecule has 0 spiro atoms. The summed E-state index contributed by atoms with van der Waals surface area (Å²) in [6, 6.07) is 7.91. The fourth-order valence-electron chi connectivity index (χ4n) is 8.19. The fourth-order valence-corrected chi connectivity index (χ4v) is 8.19. The molecule has 0 aromatic heterocycles. The number of nitro groups is 2. The Morgan fingerprint density at radius 2 is 1.20 bits per heavy atom. The van der Waals surface area contributed by atoms with E-state index in [1.165, 1.54) is 45.0 Å². The second-order valence-corrected chi connectivity index (χ2v) is 12.1. The normalized spacial score (nSPS) is 28.5. The van der Waals surface area contributed by atoms with Gasteiger partial charge in [0, 0.05) is 40.2 Å². The summed E-state index contributed by atoms with van der Waals surface area (Å²) < 4.78 is 5.36. The quantitative estimate of drug-likeness (QED) is 0.201. The van der Waals surface area contributed by atoms with E-state index in [1.807, 2.05) is 0 Å². The van der Waals surface area contributed by atoms with E-state index < -0.39 is 74.4 Å². The molecular formula is C31H28N4O10. The highest BCUT2D eigenvalue weighted by atomic mass is 16.6. The van der Waals surface area contributed by atoms with Gasteiger partial charge in [-0.3, -0.25) is 39.4 Å². The van der Waals surface area contributed by atoms with Gasteiger partial charge < -0.3 is 4.74 Å². The topological polar surface area (TPSA) is 187 Å². The first-order valence-electron chi connectivity index (χ1n) is 14.3. The molecule has 2 unspecified atom stereocenters. The maximum atomic E-state index is 14.3. The fraction of sp³-hybridized carbons (Fsp3) is 0.387. The summed E-state index contributed by atoms with van der Waals surface area (Å²) in [5, 5.41) is 23.3. The molecule has 7 rings (SSSR count). The minimum absolute atomic E-state index is 0.0172. The Morgan fingerprint density at radius 3 is 1.58 bits per heavy atom. The SMILES string of the molecule is CCOC(=O)C1=C(C)C2[C@H]3C(=O)N(c4ccc(C)c([N+](=O)[O-])c4)C(=O)[C@@H]3C1(C)[C@H]1C(=O)N(c3ccc(C)c([N+](=O)[O-])c3)C(=O)[C@@H]21. The number of benzene rings is 2. The Bertz CT molecular complexity index is 1720. The first-order chi connectivity index (χ1) is 21.2. The zero-order chi connectivity index (χ0) is 32.9. The zero-order valence-electron chi connectivity index (χ0n) is 24.9. The van der Waals surface area contributed by atoms with Gasteiger partial charge in [0.2, 0.25) is 23.6 Å². The summed E-state index contributed by atoms with van der Waals surface area (Å²) in [4.78, 5) is 94.3. The molecule has 6 atom stereocenters. The van der Waals surface area contributed by atoms with E-state index in [2.05, 4.69) is 0 Å². The Hall–Kier alpha value is -5.27. The molecule has 2 saturated heterocycles. The van der Waals surface area contributed by atoms with Crippen LogP contribution in [0.5, 0.6) is 0 Å². The molecule has 0 N–H and O–H groups in total. The second kappa shape index (κ2) is 9.87. The molecule has 232 valence electrons. The van der Waals surface area contributed by atoms with Gasteiger partial charge in [-0.1, -0.05) is 24.6 Å². The van der Waals surface area contributed by atoms with E-state index in [0.717, 1.165) is 21.9 Å². The number of carbonyl (C=O) groups is 5. The molecule has 4 amide bonds. The largest absolute Gasteiger partial charge is 0.463 e. The monoisotopic (exact) mass is 616 g/mol. The van der Waals surface area contributed by atoms with Crippen molar-refractivity contribution < 1.29 is 38.6 Å². The second-order valence-electron chi connectivity index (χ2n) is 12.1. The van der Waals surface area contributed by atoms with Crippen LogP contribution in [0.2, 0.25) is 0 Å². The van der Waals surface area contributed by atoms with E-state index in [1.54, 1.807) is 13.8 Å². The van der Waals surface area contributed by atoms with Gasteiger partial charge in [-0.2, -0.15) is 0 Å². The Kier molecular flexibility index (Phi) is 6.53. The number of rotatable bonds is 6. The third kappa shape index (κ3) is 3.77. The van der Waals surface area contributed by atoms with Crippen LogP contribution < -0.4 is 9.80 Å².